The molecule has 0 amide bonds. The molecule has 6 nitrogen and oxygen atoms in total. The largest absolute Gasteiger partial charge is 0.487 e. The van der Waals surface area contributed by atoms with Crippen molar-refractivity contribution < 1.29 is 14.9 Å². The van der Waals surface area contributed by atoms with Crippen LogP contribution in [0.3, 0.4) is 0 Å². The maximum absolute atomic E-state index is 10.7. The highest BCUT2D eigenvalue weighted by atomic mass is 16.5. The minimum atomic E-state index is -0.942. The number of aromatic nitrogens is 2. The highest BCUT2D eigenvalue weighted by Crippen LogP contribution is 2.37. The molecule has 1 aromatic carbocycles. The minimum Gasteiger partial charge on any atom is -0.487 e. The van der Waals surface area contributed by atoms with Crippen LogP contribution in [-0.4, -0.2) is 38.1 Å². The molecular weight excluding hydrogens is 342 g/mol. The van der Waals surface area contributed by atoms with Crippen molar-refractivity contribution in [1.82, 2.24) is 14.9 Å². The van der Waals surface area contributed by atoms with Crippen LogP contribution in [-0.2, 0) is 13.1 Å². The lowest BCUT2D eigenvalue weighted by molar-refractivity contribution is -0.0165. The number of hydrogen-bond acceptors (Lipinski definition) is 5. The number of rotatable bonds is 3. The van der Waals surface area contributed by atoms with Crippen molar-refractivity contribution in [3.8, 4) is 5.75 Å². The van der Waals surface area contributed by atoms with Crippen molar-refractivity contribution in [2.75, 3.05) is 0 Å². The molecule has 3 N–H and O–H groups in total. The SMILES string of the molecule is Cc1ccnc2c1ccn2C1CC(Oc2cccc3c2CNC3)[C@@H](O)[C@H]1O. The molecule has 0 spiro atoms. The zero-order chi connectivity index (χ0) is 18.5. The van der Waals surface area contributed by atoms with E-state index in [0.717, 1.165) is 41.0 Å². The van der Waals surface area contributed by atoms with Gasteiger partial charge in [0.1, 0.15) is 29.7 Å². The van der Waals surface area contributed by atoms with Gasteiger partial charge in [0.05, 0.1) is 6.04 Å². The Balaban J connectivity index is 1.44. The Kier molecular flexibility index (Phi) is 3.93. The van der Waals surface area contributed by atoms with Gasteiger partial charge in [0.15, 0.2) is 0 Å². The number of pyridine rings is 1. The highest BCUT2D eigenvalue weighted by Gasteiger charge is 2.44. The molecule has 140 valence electrons. The number of aliphatic hydroxyl groups excluding tert-OH is 2. The van der Waals surface area contributed by atoms with E-state index in [2.05, 4.69) is 16.4 Å². The molecule has 0 radical (unpaired) electrons. The minimum absolute atomic E-state index is 0.272. The van der Waals surface area contributed by atoms with Crippen molar-refractivity contribution >= 4 is 11.0 Å². The highest BCUT2D eigenvalue weighted by molar-refractivity contribution is 5.79. The Morgan fingerprint density at radius 1 is 1.15 bits per heavy atom. The first kappa shape index (κ1) is 16.7. The van der Waals surface area contributed by atoms with Crippen LogP contribution in [0.1, 0.15) is 29.2 Å². The summed E-state index contributed by atoms with van der Waals surface area (Å²) < 4.78 is 8.15. The molecule has 0 bridgehead atoms. The summed E-state index contributed by atoms with van der Waals surface area (Å²) in [6.45, 7) is 3.65. The molecule has 3 aromatic rings. The van der Waals surface area contributed by atoms with Crippen LogP contribution < -0.4 is 10.1 Å². The molecule has 2 unspecified atom stereocenters. The summed E-state index contributed by atoms with van der Waals surface area (Å²) in [6, 6.07) is 9.72. The second-order valence-electron chi connectivity index (χ2n) is 7.53. The van der Waals surface area contributed by atoms with Gasteiger partial charge in [-0.15, -0.1) is 0 Å². The van der Waals surface area contributed by atoms with Crippen LogP contribution in [0.15, 0.2) is 42.7 Å². The third-order valence-electron chi connectivity index (χ3n) is 5.92. The molecule has 1 saturated carbocycles. The van der Waals surface area contributed by atoms with Crippen LogP contribution in [0.25, 0.3) is 11.0 Å². The Hall–Kier alpha value is -2.41. The topological polar surface area (TPSA) is 79.5 Å². The molecule has 5 rings (SSSR count). The smallest absolute Gasteiger partial charge is 0.140 e. The maximum Gasteiger partial charge on any atom is 0.140 e. The lowest BCUT2D eigenvalue weighted by Gasteiger charge is -2.20. The maximum atomic E-state index is 10.7. The van der Waals surface area contributed by atoms with E-state index in [1.165, 1.54) is 5.56 Å². The van der Waals surface area contributed by atoms with Crippen LogP contribution in [0, 0.1) is 6.92 Å². The van der Waals surface area contributed by atoms with Crippen LogP contribution in [0.2, 0.25) is 0 Å². The predicted molar refractivity (Wildman–Crippen MR) is 102 cm³/mol. The van der Waals surface area contributed by atoms with Crippen molar-refractivity contribution in [2.45, 2.75) is 50.8 Å². The normalized spacial score (nSPS) is 27.2. The molecule has 4 atom stereocenters. The van der Waals surface area contributed by atoms with E-state index in [1.54, 1.807) is 6.20 Å². The zero-order valence-electron chi connectivity index (χ0n) is 15.2. The number of hydrogen-bond donors (Lipinski definition) is 3. The molecule has 27 heavy (non-hydrogen) atoms. The van der Waals surface area contributed by atoms with Gasteiger partial charge in [0.25, 0.3) is 0 Å². The van der Waals surface area contributed by atoms with E-state index in [4.69, 9.17) is 4.74 Å². The number of benzene rings is 1. The monoisotopic (exact) mass is 365 g/mol. The lowest BCUT2D eigenvalue weighted by Crippen LogP contribution is -2.34. The fraction of sp³-hybridized carbons (Fsp3) is 0.381. The van der Waals surface area contributed by atoms with Gasteiger partial charge in [0, 0.05) is 42.9 Å². The van der Waals surface area contributed by atoms with Gasteiger partial charge in [-0.2, -0.15) is 0 Å². The van der Waals surface area contributed by atoms with Gasteiger partial charge < -0.3 is 24.8 Å². The molecule has 0 saturated heterocycles. The third-order valence-corrected chi connectivity index (χ3v) is 5.92. The number of ether oxygens (including phenoxy) is 1. The molecule has 1 fully saturated rings. The van der Waals surface area contributed by atoms with Gasteiger partial charge in [-0.1, -0.05) is 12.1 Å². The van der Waals surface area contributed by atoms with Gasteiger partial charge in [-0.05, 0) is 36.2 Å². The number of fused-ring (bicyclic) bond motifs is 2. The zero-order valence-corrected chi connectivity index (χ0v) is 15.2. The number of aliphatic hydroxyl groups is 2. The molecule has 2 aliphatic rings. The second kappa shape index (κ2) is 6.34. The number of nitrogens with zero attached hydrogens (tertiary/aromatic N) is 2. The van der Waals surface area contributed by atoms with E-state index in [0.29, 0.717) is 6.42 Å². The summed E-state index contributed by atoms with van der Waals surface area (Å²) in [5, 5.41) is 25.7. The van der Waals surface area contributed by atoms with Gasteiger partial charge in [-0.3, -0.25) is 0 Å². The molecule has 1 aliphatic carbocycles. The standard InChI is InChI=1S/C21H23N3O3/c1-12-5-7-23-21-14(12)6-8-24(21)16-9-18(20(26)19(16)25)27-17-4-2-3-13-10-22-11-15(13)17/h2-8,16,18-20,22,25-26H,9-11H2,1H3/t16?,18?,19-,20+/m0/s1. The second-order valence-corrected chi connectivity index (χ2v) is 7.53. The third kappa shape index (κ3) is 2.64. The lowest BCUT2D eigenvalue weighted by atomic mass is 10.1. The molecule has 2 aromatic heterocycles. The molecule has 6 heteroatoms. The average molecular weight is 365 g/mol. The first-order valence-electron chi connectivity index (χ1n) is 9.40. The first-order valence-corrected chi connectivity index (χ1v) is 9.40. The molecule has 1 aliphatic heterocycles. The summed E-state index contributed by atoms with van der Waals surface area (Å²) in [6.07, 6.45) is 1.95. The van der Waals surface area contributed by atoms with Crippen molar-refractivity contribution in [1.29, 1.82) is 0 Å². The van der Waals surface area contributed by atoms with Gasteiger partial charge in [0.2, 0.25) is 0 Å². The molecule has 3 heterocycles. The quantitative estimate of drug-likeness (QED) is 0.662. The van der Waals surface area contributed by atoms with E-state index >= 15 is 0 Å². The Labute approximate surface area is 157 Å². The summed E-state index contributed by atoms with van der Waals surface area (Å²) in [7, 11) is 0. The van der Waals surface area contributed by atoms with E-state index in [1.807, 2.05) is 42.0 Å². The Morgan fingerprint density at radius 2 is 2.04 bits per heavy atom. The van der Waals surface area contributed by atoms with Crippen LogP contribution in [0.4, 0.5) is 0 Å². The van der Waals surface area contributed by atoms with Crippen LogP contribution >= 0.6 is 0 Å². The Bertz CT molecular complexity index is 1000. The number of nitrogens with one attached hydrogen (secondary N) is 1. The molecular formula is C21H23N3O3. The summed E-state index contributed by atoms with van der Waals surface area (Å²) in [5.74, 6) is 0.792. The van der Waals surface area contributed by atoms with E-state index in [9.17, 15) is 10.2 Å². The fourth-order valence-corrected chi connectivity index (χ4v) is 4.39. The van der Waals surface area contributed by atoms with Crippen molar-refractivity contribution in [3.05, 3.63) is 59.4 Å². The Morgan fingerprint density at radius 3 is 2.93 bits per heavy atom. The summed E-state index contributed by atoms with van der Waals surface area (Å²) in [5.41, 5.74) is 4.35. The predicted octanol–water partition coefficient (Wildman–Crippen LogP) is 2.06. The van der Waals surface area contributed by atoms with Gasteiger partial charge in [-0.25, -0.2) is 4.98 Å². The number of aryl methyl sites for hydroxylation is 1. The average Bonchev–Trinajstić information content (AvgIpc) is 3.37. The van der Waals surface area contributed by atoms with Crippen molar-refractivity contribution in [2.24, 2.45) is 0 Å². The van der Waals surface area contributed by atoms with Crippen LogP contribution in [0.5, 0.6) is 5.75 Å². The summed E-state index contributed by atoms with van der Waals surface area (Å²) in [4.78, 5) is 4.48. The van der Waals surface area contributed by atoms with Gasteiger partial charge >= 0.3 is 0 Å². The van der Waals surface area contributed by atoms with E-state index in [-0.39, 0.29) is 6.04 Å². The van der Waals surface area contributed by atoms with E-state index < -0.39 is 18.3 Å². The first-order chi connectivity index (χ1) is 13.1. The van der Waals surface area contributed by atoms with Crippen molar-refractivity contribution in [3.63, 3.8) is 0 Å². The fourth-order valence-electron chi connectivity index (χ4n) is 4.39. The summed E-state index contributed by atoms with van der Waals surface area (Å²) >= 11 is 0.